The summed E-state index contributed by atoms with van der Waals surface area (Å²) in [6.07, 6.45) is 1.87. The number of aromatic nitrogens is 4. The Bertz CT molecular complexity index is 2910. The monoisotopic (exact) mass is 679 g/mol. The van der Waals surface area contributed by atoms with Crippen LogP contribution in [0.3, 0.4) is 0 Å². The van der Waals surface area contributed by atoms with E-state index < -0.39 is 0 Å². The standard InChI is InChI=1S/C48H33N5/c1-32-31-37(28-29-42(32)53-43-21-9-5-17-38(43)39-18-6-10-22-44(39)53)52(45-23-11-15-33-16-12-30-49-46(33)45)36-26-24-35(25-27-36)48-47(34-13-3-2-4-14-34)50-40-19-7-8-20-41(40)51-48/h2-31H,1H3. The summed E-state index contributed by atoms with van der Waals surface area (Å²) in [5.74, 6) is 0. The molecule has 53 heavy (non-hydrogen) atoms. The van der Waals surface area contributed by atoms with Crippen LogP contribution < -0.4 is 4.90 Å². The van der Waals surface area contributed by atoms with E-state index in [1.165, 1.54) is 27.4 Å². The maximum atomic E-state index is 5.15. The highest BCUT2D eigenvalue weighted by Crippen LogP contribution is 2.41. The van der Waals surface area contributed by atoms with Gasteiger partial charge in [-0.1, -0.05) is 109 Å². The molecule has 0 aliphatic heterocycles. The lowest BCUT2D eigenvalue weighted by Gasteiger charge is -2.27. The second kappa shape index (κ2) is 12.6. The van der Waals surface area contributed by atoms with Crippen LogP contribution in [0.25, 0.3) is 71.9 Å². The molecule has 0 aliphatic rings. The molecule has 0 N–H and O–H groups in total. The third kappa shape index (κ3) is 5.21. The minimum atomic E-state index is 0.853. The van der Waals surface area contributed by atoms with Crippen LogP contribution in [-0.2, 0) is 0 Å². The number of pyridine rings is 1. The molecule has 10 rings (SSSR count). The summed E-state index contributed by atoms with van der Waals surface area (Å²) >= 11 is 0. The molecule has 0 unspecified atom stereocenters. The minimum Gasteiger partial charge on any atom is -0.309 e. The van der Waals surface area contributed by atoms with E-state index >= 15 is 0 Å². The smallest absolute Gasteiger partial charge is 0.0973 e. The van der Waals surface area contributed by atoms with Gasteiger partial charge in [0.2, 0.25) is 0 Å². The van der Waals surface area contributed by atoms with E-state index in [9.17, 15) is 0 Å². The van der Waals surface area contributed by atoms with Crippen molar-refractivity contribution in [1.82, 2.24) is 19.5 Å². The van der Waals surface area contributed by atoms with Gasteiger partial charge in [-0.25, -0.2) is 9.97 Å². The summed E-state index contributed by atoms with van der Waals surface area (Å²) in [6.45, 7) is 2.20. The molecule has 5 nitrogen and oxygen atoms in total. The van der Waals surface area contributed by atoms with E-state index in [-0.39, 0.29) is 0 Å². The van der Waals surface area contributed by atoms with E-state index in [0.717, 1.165) is 67.2 Å². The lowest BCUT2D eigenvalue weighted by atomic mass is 10.0. The molecule has 10 aromatic rings. The van der Waals surface area contributed by atoms with Gasteiger partial charge in [0.1, 0.15) is 0 Å². The number of rotatable bonds is 6. The van der Waals surface area contributed by atoms with Gasteiger partial charge in [0.25, 0.3) is 0 Å². The molecule has 5 heteroatoms. The molecule has 250 valence electrons. The Morgan fingerprint density at radius 2 is 1.08 bits per heavy atom. The molecule has 0 bridgehead atoms. The SMILES string of the molecule is Cc1cc(N(c2ccc(-c3nc4ccccc4nc3-c3ccccc3)cc2)c2cccc3cccnc23)ccc1-n1c2ccccc2c2ccccc21. The van der Waals surface area contributed by atoms with Gasteiger partial charge in [0, 0.05) is 50.5 Å². The number of anilines is 3. The van der Waals surface area contributed by atoms with Crippen LogP contribution in [-0.4, -0.2) is 19.5 Å². The van der Waals surface area contributed by atoms with Gasteiger partial charge in [-0.15, -0.1) is 0 Å². The zero-order valence-corrected chi connectivity index (χ0v) is 29.1. The zero-order chi connectivity index (χ0) is 35.3. The Morgan fingerprint density at radius 3 is 1.75 bits per heavy atom. The first-order valence-electron chi connectivity index (χ1n) is 17.9. The fraction of sp³-hybridized carbons (Fsp3) is 0.0208. The fourth-order valence-corrected chi connectivity index (χ4v) is 7.67. The highest BCUT2D eigenvalue weighted by molar-refractivity contribution is 6.09. The van der Waals surface area contributed by atoms with Crippen LogP contribution in [0.2, 0.25) is 0 Å². The van der Waals surface area contributed by atoms with Gasteiger partial charge >= 0.3 is 0 Å². The van der Waals surface area contributed by atoms with Crippen LogP contribution in [0.1, 0.15) is 5.56 Å². The van der Waals surface area contributed by atoms with Gasteiger partial charge in [-0.3, -0.25) is 4.98 Å². The third-order valence-corrected chi connectivity index (χ3v) is 10.1. The first kappa shape index (κ1) is 30.7. The number of para-hydroxylation sites is 5. The average molecular weight is 680 g/mol. The van der Waals surface area contributed by atoms with Crippen molar-refractivity contribution in [2.45, 2.75) is 6.92 Å². The molecule has 0 atom stereocenters. The number of hydrogen-bond acceptors (Lipinski definition) is 4. The molecule has 0 saturated heterocycles. The van der Waals surface area contributed by atoms with Crippen molar-refractivity contribution in [2.75, 3.05) is 4.90 Å². The van der Waals surface area contributed by atoms with Gasteiger partial charge in [0.05, 0.1) is 44.7 Å². The van der Waals surface area contributed by atoms with Crippen molar-refractivity contribution in [3.05, 3.63) is 188 Å². The lowest BCUT2D eigenvalue weighted by molar-refractivity contribution is 1.14. The average Bonchev–Trinajstić information content (AvgIpc) is 3.55. The number of aryl methyl sites for hydroxylation is 1. The molecular formula is C48H33N5. The predicted octanol–water partition coefficient (Wildman–Crippen LogP) is 12.4. The van der Waals surface area contributed by atoms with Crippen molar-refractivity contribution in [3.63, 3.8) is 0 Å². The van der Waals surface area contributed by atoms with Crippen molar-refractivity contribution >= 4 is 60.8 Å². The molecule has 7 aromatic carbocycles. The fourth-order valence-electron chi connectivity index (χ4n) is 7.67. The molecule has 0 amide bonds. The second-order valence-corrected chi connectivity index (χ2v) is 13.4. The van der Waals surface area contributed by atoms with Crippen LogP contribution in [0.15, 0.2) is 182 Å². The zero-order valence-electron chi connectivity index (χ0n) is 29.1. The van der Waals surface area contributed by atoms with Gasteiger partial charge in [-0.2, -0.15) is 0 Å². The summed E-state index contributed by atoms with van der Waals surface area (Å²) < 4.78 is 2.39. The van der Waals surface area contributed by atoms with Gasteiger partial charge in [0.15, 0.2) is 0 Å². The molecule has 3 heterocycles. The molecule has 0 aliphatic carbocycles. The summed E-state index contributed by atoms with van der Waals surface area (Å²) in [5, 5.41) is 3.59. The second-order valence-electron chi connectivity index (χ2n) is 13.4. The van der Waals surface area contributed by atoms with Gasteiger partial charge < -0.3 is 9.47 Å². The Morgan fingerprint density at radius 1 is 0.491 bits per heavy atom. The van der Waals surface area contributed by atoms with E-state index in [4.69, 9.17) is 15.0 Å². The van der Waals surface area contributed by atoms with Crippen molar-refractivity contribution < 1.29 is 0 Å². The van der Waals surface area contributed by atoms with Crippen LogP contribution >= 0.6 is 0 Å². The van der Waals surface area contributed by atoms with E-state index in [0.29, 0.717) is 0 Å². The normalized spacial score (nSPS) is 11.5. The van der Waals surface area contributed by atoms with Crippen molar-refractivity contribution in [3.8, 4) is 28.2 Å². The summed E-state index contributed by atoms with van der Waals surface area (Å²) in [7, 11) is 0. The molecule has 0 spiro atoms. The lowest BCUT2D eigenvalue weighted by Crippen LogP contribution is -2.11. The molecule has 0 saturated carbocycles. The quantitative estimate of drug-likeness (QED) is 0.175. The first-order valence-corrected chi connectivity index (χ1v) is 17.9. The van der Waals surface area contributed by atoms with Crippen LogP contribution in [0.5, 0.6) is 0 Å². The van der Waals surface area contributed by atoms with Gasteiger partial charge in [-0.05, 0) is 79.2 Å². The molecule has 3 aromatic heterocycles. The Kier molecular flexibility index (Phi) is 7.29. The largest absolute Gasteiger partial charge is 0.309 e. The van der Waals surface area contributed by atoms with Crippen molar-refractivity contribution in [2.24, 2.45) is 0 Å². The maximum absolute atomic E-state index is 5.15. The van der Waals surface area contributed by atoms with Crippen LogP contribution in [0.4, 0.5) is 17.1 Å². The number of hydrogen-bond donors (Lipinski definition) is 0. The highest BCUT2D eigenvalue weighted by atomic mass is 15.2. The topological polar surface area (TPSA) is 46.8 Å². The predicted molar refractivity (Wildman–Crippen MR) is 219 cm³/mol. The highest BCUT2D eigenvalue weighted by Gasteiger charge is 2.20. The number of benzene rings is 7. The number of fused-ring (bicyclic) bond motifs is 5. The Hall–Kier alpha value is -7.11. The minimum absolute atomic E-state index is 0.853. The first-order chi connectivity index (χ1) is 26.2. The summed E-state index contributed by atoms with van der Waals surface area (Å²) in [6, 6.07) is 61.6. The van der Waals surface area contributed by atoms with E-state index in [1.807, 2.05) is 54.7 Å². The summed E-state index contributed by atoms with van der Waals surface area (Å²) in [5.41, 5.74) is 14.2. The van der Waals surface area contributed by atoms with E-state index in [1.54, 1.807) is 0 Å². The van der Waals surface area contributed by atoms with Crippen LogP contribution in [0, 0.1) is 6.92 Å². The molecular weight excluding hydrogens is 647 g/mol. The number of nitrogens with zero attached hydrogens (tertiary/aromatic N) is 5. The Labute approximate surface area is 307 Å². The maximum Gasteiger partial charge on any atom is 0.0973 e. The Balaban J connectivity index is 1.13. The molecule has 0 radical (unpaired) electrons. The molecule has 0 fully saturated rings. The van der Waals surface area contributed by atoms with E-state index in [2.05, 4.69) is 144 Å². The summed E-state index contributed by atoms with van der Waals surface area (Å²) in [4.78, 5) is 17.4. The van der Waals surface area contributed by atoms with Crippen molar-refractivity contribution in [1.29, 1.82) is 0 Å². The third-order valence-electron chi connectivity index (χ3n) is 10.1.